The first kappa shape index (κ1) is 16.6. The molecule has 0 bridgehead atoms. The number of carbonyl (C=O) groups excluding carboxylic acids is 2. The molecule has 1 aliphatic heterocycles. The van der Waals surface area contributed by atoms with Crippen molar-refractivity contribution in [3.8, 4) is 0 Å². The molecule has 1 spiro atoms. The average Bonchev–Trinajstić information content (AvgIpc) is 2.86. The highest BCUT2D eigenvalue weighted by Gasteiger charge is 2.69. The van der Waals surface area contributed by atoms with Gasteiger partial charge in [-0.05, 0) is 11.5 Å². The van der Waals surface area contributed by atoms with E-state index >= 15 is 0 Å². The molecule has 1 saturated heterocycles. The predicted octanol–water partition coefficient (Wildman–Crippen LogP) is 2.90. The summed E-state index contributed by atoms with van der Waals surface area (Å²) in [4.78, 5) is 37.9. The van der Waals surface area contributed by atoms with Gasteiger partial charge in [-0.1, -0.05) is 61.5 Å². The van der Waals surface area contributed by atoms with E-state index in [-0.39, 0.29) is 23.7 Å². The minimum absolute atomic E-state index is 0.107. The fourth-order valence-corrected chi connectivity index (χ4v) is 4.26. The van der Waals surface area contributed by atoms with Crippen LogP contribution in [0.1, 0.15) is 39.1 Å². The molecular formula is C20H17NO5. The Labute approximate surface area is 149 Å². The summed E-state index contributed by atoms with van der Waals surface area (Å²) in [5.74, 6) is -2.01. The Morgan fingerprint density at radius 3 is 2.08 bits per heavy atom. The van der Waals surface area contributed by atoms with Crippen LogP contribution in [0.3, 0.4) is 0 Å². The number of nitrogens with zero attached hydrogens (tertiary/aromatic N) is 1. The SMILES string of the molecule is C[C@H]1COC2(C(=O)c3ccccc3C2=O)[C@@H]([N+](=O)[O-])[C@@H]1c1ccccc1. The van der Waals surface area contributed by atoms with Crippen molar-refractivity contribution in [2.45, 2.75) is 24.5 Å². The van der Waals surface area contributed by atoms with E-state index in [4.69, 9.17) is 4.74 Å². The second kappa shape index (κ2) is 5.85. The first-order valence-corrected chi connectivity index (χ1v) is 8.49. The minimum Gasteiger partial charge on any atom is -0.353 e. The quantitative estimate of drug-likeness (QED) is 0.472. The topological polar surface area (TPSA) is 86.5 Å². The number of benzene rings is 2. The third-order valence-electron chi connectivity index (χ3n) is 5.45. The number of ether oxygens (including phenoxy) is 1. The summed E-state index contributed by atoms with van der Waals surface area (Å²) in [7, 11) is 0. The van der Waals surface area contributed by atoms with Gasteiger partial charge in [-0.3, -0.25) is 19.7 Å². The predicted molar refractivity (Wildman–Crippen MR) is 92.9 cm³/mol. The van der Waals surface area contributed by atoms with Gasteiger partial charge in [0.15, 0.2) is 0 Å². The van der Waals surface area contributed by atoms with E-state index in [1.165, 1.54) is 12.1 Å². The highest BCUT2D eigenvalue weighted by molar-refractivity contribution is 6.32. The molecule has 0 aromatic heterocycles. The van der Waals surface area contributed by atoms with Gasteiger partial charge in [0.25, 0.3) is 11.6 Å². The van der Waals surface area contributed by atoms with Crippen LogP contribution in [0.2, 0.25) is 0 Å². The monoisotopic (exact) mass is 351 g/mol. The number of fused-ring (bicyclic) bond motifs is 1. The Kier molecular flexibility index (Phi) is 3.73. The number of ketones is 2. The minimum atomic E-state index is -2.08. The molecule has 2 aromatic carbocycles. The molecule has 0 radical (unpaired) electrons. The summed E-state index contributed by atoms with van der Waals surface area (Å²) in [6.07, 6.45) is 0. The summed E-state index contributed by atoms with van der Waals surface area (Å²) in [6, 6.07) is 13.9. The van der Waals surface area contributed by atoms with Gasteiger partial charge in [0.05, 0.1) is 12.5 Å². The second-order valence-electron chi connectivity index (χ2n) is 6.89. The third kappa shape index (κ3) is 2.08. The highest BCUT2D eigenvalue weighted by Crippen LogP contribution is 2.47. The zero-order valence-corrected chi connectivity index (χ0v) is 14.1. The molecular weight excluding hydrogens is 334 g/mol. The van der Waals surface area contributed by atoms with Crippen LogP contribution >= 0.6 is 0 Å². The summed E-state index contributed by atoms with van der Waals surface area (Å²) >= 11 is 0. The summed E-state index contributed by atoms with van der Waals surface area (Å²) in [5.41, 5.74) is -0.947. The molecule has 0 amide bonds. The molecule has 1 aliphatic carbocycles. The first-order chi connectivity index (χ1) is 12.5. The van der Waals surface area contributed by atoms with E-state index in [1.54, 1.807) is 36.4 Å². The third-order valence-corrected chi connectivity index (χ3v) is 5.45. The van der Waals surface area contributed by atoms with Crippen molar-refractivity contribution in [1.29, 1.82) is 0 Å². The average molecular weight is 351 g/mol. The first-order valence-electron chi connectivity index (χ1n) is 8.49. The van der Waals surface area contributed by atoms with Gasteiger partial charge >= 0.3 is 0 Å². The van der Waals surface area contributed by atoms with E-state index in [2.05, 4.69) is 0 Å². The molecule has 1 heterocycles. The summed E-state index contributed by atoms with van der Waals surface area (Å²) in [6.45, 7) is 1.95. The Morgan fingerprint density at radius 2 is 1.54 bits per heavy atom. The summed E-state index contributed by atoms with van der Waals surface area (Å²) < 4.78 is 5.73. The molecule has 1 fully saturated rings. The lowest BCUT2D eigenvalue weighted by Crippen LogP contribution is -2.64. The van der Waals surface area contributed by atoms with E-state index in [1.807, 2.05) is 13.0 Å². The number of hydrogen-bond donors (Lipinski definition) is 0. The van der Waals surface area contributed by atoms with Gasteiger partial charge < -0.3 is 4.74 Å². The zero-order chi connectivity index (χ0) is 18.5. The lowest BCUT2D eigenvalue weighted by Gasteiger charge is -2.41. The number of nitro groups is 1. The van der Waals surface area contributed by atoms with Crippen LogP contribution in [-0.2, 0) is 4.74 Å². The van der Waals surface area contributed by atoms with Gasteiger partial charge in [0.1, 0.15) is 0 Å². The molecule has 2 aromatic rings. The van der Waals surface area contributed by atoms with E-state index in [0.29, 0.717) is 0 Å². The van der Waals surface area contributed by atoms with Crippen molar-refractivity contribution in [2.75, 3.05) is 6.61 Å². The Balaban J connectivity index is 1.91. The van der Waals surface area contributed by atoms with Gasteiger partial charge in [-0.15, -0.1) is 0 Å². The Morgan fingerprint density at radius 1 is 1.00 bits per heavy atom. The molecule has 0 unspecified atom stereocenters. The molecule has 0 saturated carbocycles. The van der Waals surface area contributed by atoms with Crippen LogP contribution in [0.5, 0.6) is 0 Å². The molecule has 2 aliphatic rings. The molecule has 0 N–H and O–H groups in total. The maximum absolute atomic E-state index is 13.1. The van der Waals surface area contributed by atoms with E-state index < -0.39 is 34.1 Å². The second-order valence-corrected chi connectivity index (χ2v) is 6.89. The van der Waals surface area contributed by atoms with Crippen LogP contribution in [0, 0.1) is 16.0 Å². The number of rotatable bonds is 2. The van der Waals surface area contributed by atoms with Crippen molar-refractivity contribution < 1.29 is 19.2 Å². The standard InChI is InChI=1S/C20H17NO5/c1-12-11-26-20(18(22)14-9-5-6-10-15(14)19(20)23)17(21(24)25)16(12)13-7-3-2-4-8-13/h2-10,12,16-17H,11H2,1H3/t12-,16-,17-/m0/s1. The maximum Gasteiger partial charge on any atom is 0.263 e. The molecule has 4 rings (SSSR count). The number of hydrogen-bond acceptors (Lipinski definition) is 5. The Hall–Kier alpha value is -2.86. The Bertz CT molecular complexity index is 872. The van der Waals surface area contributed by atoms with Crippen LogP contribution in [0.25, 0.3) is 0 Å². The normalized spacial score (nSPS) is 26.7. The fraction of sp³-hybridized carbons (Fsp3) is 0.300. The molecule has 26 heavy (non-hydrogen) atoms. The van der Waals surface area contributed by atoms with Crippen molar-refractivity contribution in [3.05, 3.63) is 81.4 Å². The number of carbonyl (C=O) groups is 2. The molecule has 132 valence electrons. The maximum atomic E-state index is 13.1. The smallest absolute Gasteiger partial charge is 0.263 e. The summed E-state index contributed by atoms with van der Waals surface area (Å²) in [5, 5.41) is 12.1. The van der Waals surface area contributed by atoms with Crippen molar-refractivity contribution in [2.24, 2.45) is 5.92 Å². The van der Waals surface area contributed by atoms with E-state index in [9.17, 15) is 19.7 Å². The van der Waals surface area contributed by atoms with Gasteiger partial charge in [-0.25, -0.2) is 0 Å². The van der Waals surface area contributed by atoms with Crippen molar-refractivity contribution >= 4 is 11.6 Å². The van der Waals surface area contributed by atoms with Gasteiger partial charge in [0, 0.05) is 16.1 Å². The fourth-order valence-electron chi connectivity index (χ4n) is 4.26. The van der Waals surface area contributed by atoms with Crippen LogP contribution in [-0.4, -0.2) is 34.7 Å². The molecule has 6 heteroatoms. The van der Waals surface area contributed by atoms with Crippen molar-refractivity contribution in [3.63, 3.8) is 0 Å². The van der Waals surface area contributed by atoms with Crippen LogP contribution in [0.4, 0.5) is 0 Å². The molecule has 3 atom stereocenters. The largest absolute Gasteiger partial charge is 0.353 e. The zero-order valence-electron chi connectivity index (χ0n) is 14.1. The highest BCUT2D eigenvalue weighted by atomic mass is 16.6. The van der Waals surface area contributed by atoms with Crippen LogP contribution in [0.15, 0.2) is 54.6 Å². The van der Waals surface area contributed by atoms with Gasteiger partial charge in [-0.2, -0.15) is 0 Å². The number of Topliss-reactive ketones (excluding diaryl/α,β-unsaturated/α-hetero) is 2. The lowest BCUT2D eigenvalue weighted by molar-refractivity contribution is -0.548. The van der Waals surface area contributed by atoms with Crippen LogP contribution < -0.4 is 0 Å². The molecule has 6 nitrogen and oxygen atoms in total. The van der Waals surface area contributed by atoms with Gasteiger partial charge in [0.2, 0.25) is 11.6 Å². The van der Waals surface area contributed by atoms with Crippen molar-refractivity contribution in [1.82, 2.24) is 0 Å². The lowest BCUT2D eigenvalue weighted by atomic mass is 9.70. The van der Waals surface area contributed by atoms with E-state index in [0.717, 1.165) is 5.56 Å².